The lowest BCUT2D eigenvalue weighted by Gasteiger charge is -2.39. The topological polar surface area (TPSA) is 29.5 Å². The molecule has 2 aliphatic heterocycles. The van der Waals surface area contributed by atoms with E-state index >= 15 is 0 Å². The van der Waals surface area contributed by atoms with Gasteiger partial charge in [-0.1, -0.05) is 12.1 Å². The second-order valence-electron chi connectivity index (χ2n) is 7.52. The maximum absolute atomic E-state index is 14.0. The minimum Gasteiger partial charge on any atom is -0.381 e. The molecule has 3 atom stereocenters. The molecule has 24 heavy (non-hydrogen) atoms. The van der Waals surface area contributed by atoms with Crippen LogP contribution in [0.4, 0.5) is 8.78 Å². The number of benzene rings is 1. The average molecular weight is 335 g/mol. The number of carbonyl (C=O) groups is 1. The predicted molar refractivity (Wildman–Crippen MR) is 85.5 cm³/mol. The molecule has 0 unspecified atom stereocenters. The van der Waals surface area contributed by atoms with Crippen LogP contribution >= 0.6 is 0 Å². The molecule has 1 spiro atoms. The minimum absolute atomic E-state index is 0.111. The van der Waals surface area contributed by atoms with Gasteiger partial charge in [0.05, 0.1) is 0 Å². The van der Waals surface area contributed by atoms with Gasteiger partial charge in [-0.2, -0.15) is 0 Å². The summed E-state index contributed by atoms with van der Waals surface area (Å²) in [6.07, 6.45) is 3.66. The van der Waals surface area contributed by atoms with E-state index in [1.54, 1.807) is 6.07 Å². The Morgan fingerprint density at radius 3 is 2.75 bits per heavy atom. The van der Waals surface area contributed by atoms with E-state index in [9.17, 15) is 13.6 Å². The highest BCUT2D eigenvalue weighted by atomic mass is 19.2. The van der Waals surface area contributed by atoms with Crippen LogP contribution in [-0.2, 0) is 9.53 Å². The fourth-order valence-corrected chi connectivity index (χ4v) is 4.65. The quantitative estimate of drug-likeness (QED) is 0.828. The van der Waals surface area contributed by atoms with Gasteiger partial charge < -0.3 is 9.64 Å². The number of rotatable bonds is 2. The third-order valence-corrected chi connectivity index (χ3v) is 6.46. The van der Waals surface area contributed by atoms with Gasteiger partial charge in [-0.25, -0.2) is 8.78 Å². The Morgan fingerprint density at radius 1 is 1.25 bits per heavy atom. The molecule has 0 radical (unpaired) electrons. The van der Waals surface area contributed by atoms with Crippen LogP contribution < -0.4 is 0 Å². The summed E-state index contributed by atoms with van der Waals surface area (Å²) in [7, 11) is 0. The summed E-state index contributed by atoms with van der Waals surface area (Å²) < 4.78 is 32.8. The van der Waals surface area contributed by atoms with Crippen LogP contribution in [0.1, 0.15) is 44.1 Å². The largest absolute Gasteiger partial charge is 0.381 e. The van der Waals surface area contributed by atoms with E-state index < -0.39 is 11.6 Å². The minimum atomic E-state index is -0.832. The van der Waals surface area contributed by atoms with Gasteiger partial charge in [-0.3, -0.25) is 4.79 Å². The number of nitrogens with zero attached hydrogens (tertiary/aromatic N) is 1. The van der Waals surface area contributed by atoms with Crippen molar-refractivity contribution in [2.45, 2.75) is 44.6 Å². The first-order chi connectivity index (χ1) is 11.5. The molecule has 3 fully saturated rings. The highest BCUT2D eigenvalue weighted by Crippen LogP contribution is 2.52. The van der Waals surface area contributed by atoms with Gasteiger partial charge in [-0.15, -0.1) is 0 Å². The molecular formula is C19H23F2NO2. The Hall–Kier alpha value is -1.49. The first kappa shape index (κ1) is 16.0. The van der Waals surface area contributed by atoms with Crippen molar-refractivity contribution in [3.63, 3.8) is 0 Å². The van der Waals surface area contributed by atoms with E-state index in [-0.39, 0.29) is 29.2 Å². The molecule has 1 aliphatic carbocycles. The molecule has 0 N–H and O–H groups in total. The first-order valence-corrected chi connectivity index (χ1v) is 8.86. The van der Waals surface area contributed by atoms with Gasteiger partial charge in [-0.05, 0) is 55.6 Å². The van der Waals surface area contributed by atoms with Crippen LogP contribution in [0.5, 0.6) is 0 Å². The third-order valence-electron chi connectivity index (χ3n) is 6.46. The molecule has 130 valence electrons. The van der Waals surface area contributed by atoms with Gasteiger partial charge in [0.25, 0.3) is 0 Å². The maximum atomic E-state index is 14.0. The van der Waals surface area contributed by atoms with Crippen LogP contribution in [0.25, 0.3) is 0 Å². The van der Waals surface area contributed by atoms with Crippen LogP contribution in [0.15, 0.2) is 18.2 Å². The third kappa shape index (κ3) is 2.44. The zero-order valence-electron chi connectivity index (χ0n) is 13.9. The summed E-state index contributed by atoms with van der Waals surface area (Å²) in [5, 5.41) is 0. The van der Waals surface area contributed by atoms with Crippen molar-refractivity contribution in [2.75, 3.05) is 19.8 Å². The number of hydrogen-bond donors (Lipinski definition) is 0. The van der Waals surface area contributed by atoms with Gasteiger partial charge in [0.1, 0.15) is 0 Å². The Labute approximate surface area is 141 Å². The normalized spacial score (nSPS) is 31.5. The summed E-state index contributed by atoms with van der Waals surface area (Å²) in [6, 6.07) is 4.44. The van der Waals surface area contributed by atoms with E-state index in [1.165, 1.54) is 6.07 Å². The summed E-state index contributed by atoms with van der Waals surface area (Å²) in [6.45, 7) is 4.45. The molecule has 5 heteroatoms. The molecule has 4 rings (SSSR count). The molecule has 3 aliphatic rings. The van der Waals surface area contributed by atoms with Crippen LogP contribution in [0, 0.1) is 23.0 Å². The second-order valence-corrected chi connectivity index (χ2v) is 7.52. The van der Waals surface area contributed by atoms with Gasteiger partial charge >= 0.3 is 0 Å². The van der Waals surface area contributed by atoms with E-state index in [0.29, 0.717) is 12.0 Å². The maximum Gasteiger partial charge on any atom is 0.226 e. The van der Waals surface area contributed by atoms with E-state index in [0.717, 1.165) is 45.1 Å². The van der Waals surface area contributed by atoms with Gasteiger partial charge in [0, 0.05) is 31.7 Å². The first-order valence-electron chi connectivity index (χ1n) is 8.86. The van der Waals surface area contributed by atoms with Crippen molar-refractivity contribution < 1.29 is 18.3 Å². The molecular weight excluding hydrogens is 312 g/mol. The summed E-state index contributed by atoms with van der Waals surface area (Å²) in [5.74, 6) is -1.89. The van der Waals surface area contributed by atoms with Crippen molar-refractivity contribution in [1.29, 1.82) is 0 Å². The molecule has 3 nitrogen and oxygen atoms in total. The molecule has 1 aromatic carbocycles. The van der Waals surface area contributed by atoms with Crippen molar-refractivity contribution >= 4 is 5.91 Å². The van der Waals surface area contributed by atoms with Crippen LogP contribution in [0.3, 0.4) is 0 Å². The molecule has 1 aromatic rings. The smallest absolute Gasteiger partial charge is 0.226 e. The van der Waals surface area contributed by atoms with E-state index in [1.807, 2.05) is 4.90 Å². The summed E-state index contributed by atoms with van der Waals surface area (Å²) in [5.41, 5.74) is 0.531. The van der Waals surface area contributed by atoms with Gasteiger partial charge in [0.2, 0.25) is 5.91 Å². The zero-order chi connectivity index (χ0) is 16.9. The molecule has 1 saturated carbocycles. The zero-order valence-corrected chi connectivity index (χ0v) is 13.9. The van der Waals surface area contributed by atoms with Crippen molar-refractivity contribution in [1.82, 2.24) is 4.90 Å². The van der Waals surface area contributed by atoms with E-state index in [2.05, 4.69) is 6.92 Å². The van der Waals surface area contributed by atoms with Crippen molar-refractivity contribution in [3.8, 4) is 0 Å². The number of carbonyl (C=O) groups excluding carboxylic acids is 1. The summed E-state index contributed by atoms with van der Waals surface area (Å²) >= 11 is 0. The van der Waals surface area contributed by atoms with Gasteiger partial charge in [0.15, 0.2) is 11.6 Å². The second kappa shape index (κ2) is 5.80. The lowest BCUT2D eigenvalue weighted by molar-refractivity contribution is -0.134. The number of ether oxygens (including phenoxy) is 1. The van der Waals surface area contributed by atoms with Crippen molar-refractivity contribution in [3.05, 3.63) is 35.4 Å². The highest BCUT2D eigenvalue weighted by Gasteiger charge is 2.53. The SMILES string of the molecule is C[C@@H]1N(C(=O)[C@@H]2C[C@@H]2c2cccc(F)c2F)CCC12CCOCC2. The fourth-order valence-electron chi connectivity index (χ4n) is 4.65. The number of amides is 1. The Morgan fingerprint density at radius 2 is 2.00 bits per heavy atom. The van der Waals surface area contributed by atoms with Crippen LogP contribution in [-0.4, -0.2) is 36.6 Å². The predicted octanol–water partition coefficient (Wildman–Crippen LogP) is 3.49. The number of halogens is 2. The lowest BCUT2D eigenvalue weighted by Crippen LogP contribution is -2.44. The highest BCUT2D eigenvalue weighted by molar-refractivity contribution is 5.83. The molecule has 1 amide bonds. The number of likely N-dealkylation sites (tertiary alicyclic amines) is 1. The van der Waals surface area contributed by atoms with E-state index in [4.69, 9.17) is 4.74 Å². The average Bonchev–Trinajstić information content (AvgIpc) is 3.32. The Bertz CT molecular complexity index is 657. The molecule has 2 saturated heterocycles. The lowest BCUT2D eigenvalue weighted by atomic mass is 9.74. The molecule has 2 heterocycles. The molecule has 0 bridgehead atoms. The monoisotopic (exact) mass is 335 g/mol. The fraction of sp³-hybridized carbons (Fsp3) is 0.632. The van der Waals surface area contributed by atoms with Crippen LogP contribution in [0.2, 0.25) is 0 Å². The Kier molecular flexibility index (Phi) is 3.87. The summed E-state index contributed by atoms with van der Waals surface area (Å²) in [4.78, 5) is 14.9. The molecule has 0 aromatic heterocycles. The van der Waals surface area contributed by atoms with Crippen molar-refractivity contribution in [2.24, 2.45) is 11.3 Å². The Balaban J connectivity index is 1.47. The number of hydrogen-bond acceptors (Lipinski definition) is 2. The standard InChI is InChI=1S/C19H23F2NO2/c1-12-19(6-9-24-10-7-19)5-8-22(12)18(23)15-11-14(15)13-3-2-4-16(20)17(13)21/h2-4,12,14-15H,5-11H2,1H3/t12-,14+,15+/m0/s1.